The number of carboxylic acids is 1. The molecule has 8 nitrogen and oxygen atoms in total. The molecule has 9 heteroatoms. The molecule has 250 valence electrons. The van der Waals surface area contributed by atoms with Gasteiger partial charge in [-0.15, -0.1) is 0 Å². The molecular formula is C36H52IN2O6-. The van der Waals surface area contributed by atoms with Gasteiger partial charge < -0.3 is 14.2 Å². The second-order valence-corrected chi connectivity index (χ2v) is 25.4. The predicted molar refractivity (Wildman–Crippen MR) is 174 cm³/mol. The Balaban J connectivity index is 1.39. The third-order valence-electron chi connectivity index (χ3n) is 9.31. The van der Waals surface area contributed by atoms with Crippen LogP contribution in [0, 0.1) is 5.92 Å². The van der Waals surface area contributed by atoms with Crippen molar-refractivity contribution in [1.29, 1.82) is 0 Å². The quantitative estimate of drug-likeness (QED) is 0.236. The molecule has 0 spiro atoms. The molecule has 2 fully saturated rings. The van der Waals surface area contributed by atoms with E-state index >= 15 is 0 Å². The minimum absolute atomic E-state index is 0.0355. The molecule has 3 heterocycles. The summed E-state index contributed by atoms with van der Waals surface area (Å²) in [7, 11) is 0. The summed E-state index contributed by atoms with van der Waals surface area (Å²) in [6.45, 7) is 4.48. The molecule has 1 amide bonds. The number of fused-ring (bicyclic) bond motifs is 1. The first-order valence-electron chi connectivity index (χ1n) is 16.5. The molecule has 1 unspecified atom stereocenters. The van der Waals surface area contributed by atoms with Gasteiger partial charge in [0.2, 0.25) is 6.79 Å². The SMILES string of the molecule is CCCCN(C(=O)CN1C[C@H](c2ccc3c(c2)OCO3)[C@@H](C(=O)O)[C@@H]1CCCC1CCCCO1)c1cccc(C[I-](C)(C)C)c1. The Hall–Kier alpha value is -2.37. The number of carboxylic acid groups (broad SMARTS) is 1. The third kappa shape index (κ3) is 8.92. The number of carbonyl (C=O) groups excluding carboxylic acids is 1. The van der Waals surface area contributed by atoms with Crippen LogP contribution in [-0.4, -0.2) is 81.9 Å². The second kappa shape index (κ2) is 15.5. The number of carbonyl (C=O) groups is 2. The Bertz CT molecular complexity index is 1310. The van der Waals surface area contributed by atoms with Gasteiger partial charge >= 0.3 is 204 Å². The Morgan fingerprint density at radius 2 is 1.84 bits per heavy atom. The van der Waals surface area contributed by atoms with Crippen LogP contribution in [0.2, 0.25) is 0 Å². The van der Waals surface area contributed by atoms with Gasteiger partial charge in [-0.05, 0) is 25.3 Å². The maximum absolute atomic E-state index is 14.2. The van der Waals surface area contributed by atoms with E-state index in [0.29, 0.717) is 31.0 Å². The molecule has 1 N–H and O–H groups in total. The number of likely N-dealkylation sites (tertiary alicyclic amines) is 1. The molecule has 2 aromatic rings. The van der Waals surface area contributed by atoms with Crippen LogP contribution >= 0.6 is 0 Å². The number of hydrogen-bond acceptors (Lipinski definition) is 6. The monoisotopic (exact) mass is 735 g/mol. The zero-order chi connectivity index (χ0) is 32.0. The van der Waals surface area contributed by atoms with Gasteiger partial charge in [-0.25, -0.2) is 0 Å². The summed E-state index contributed by atoms with van der Waals surface area (Å²) in [4.78, 5) is 38.5. The van der Waals surface area contributed by atoms with E-state index in [-0.39, 0.29) is 37.3 Å². The van der Waals surface area contributed by atoms with Crippen molar-refractivity contribution in [2.24, 2.45) is 5.92 Å². The van der Waals surface area contributed by atoms with E-state index in [1.807, 2.05) is 29.2 Å². The van der Waals surface area contributed by atoms with Gasteiger partial charge in [-0.2, -0.15) is 0 Å². The average Bonchev–Trinajstić information content (AvgIpc) is 3.61. The van der Waals surface area contributed by atoms with Crippen molar-refractivity contribution in [3.8, 4) is 11.5 Å². The van der Waals surface area contributed by atoms with E-state index in [1.165, 1.54) is 12.0 Å². The average molecular weight is 736 g/mol. The second-order valence-electron chi connectivity index (χ2n) is 13.6. The van der Waals surface area contributed by atoms with Crippen LogP contribution in [0.25, 0.3) is 0 Å². The summed E-state index contributed by atoms with van der Waals surface area (Å²) in [6, 6.07) is 14.0. The summed E-state index contributed by atoms with van der Waals surface area (Å²) in [5.41, 5.74) is 3.16. The third-order valence-corrected chi connectivity index (χ3v) is 12.5. The van der Waals surface area contributed by atoms with Crippen molar-refractivity contribution >= 4 is 17.6 Å². The van der Waals surface area contributed by atoms with Crippen molar-refractivity contribution in [3.05, 3.63) is 53.6 Å². The van der Waals surface area contributed by atoms with Crippen LogP contribution < -0.4 is 32.8 Å². The number of benzene rings is 2. The number of amides is 1. The maximum atomic E-state index is 14.2. The fraction of sp³-hybridized carbons (Fsp3) is 0.611. The van der Waals surface area contributed by atoms with Crippen LogP contribution in [-0.2, 0) is 18.8 Å². The van der Waals surface area contributed by atoms with E-state index in [0.717, 1.165) is 60.8 Å². The van der Waals surface area contributed by atoms with Crippen molar-refractivity contribution < 1.29 is 47.3 Å². The molecule has 2 saturated heterocycles. The van der Waals surface area contributed by atoms with Gasteiger partial charge in [0.05, 0.1) is 6.10 Å². The number of rotatable bonds is 14. The van der Waals surface area contributed by atoms with Crippen molar-refractivity contribution in [3.63, 3.8) is 0 Å². The minimum atomic E-state index is -1.77. The summed E-state index contributed by atoms with van der Waals surface area (Å²) in [6.07, 6.45) is 8.03. The van der Waals surface area contributed by atoms with Gasteiger partial charge in [0.15, 0.2) is 11.5 Å². The predicted octanol–water partition coefficient (Wildman–Crippen LogP) is 3.01. The number of aliphatic carboxylic acids is 1. The Labute approximate surface area is 273 Å². The molecule has 5 rings (SSSR count). The number of ether oxygens (including phenoxy) is 3. The van der Waals surface area contributed by atoms with Crippen LogP contribution in [0.1, 0.15) is 75.3 Å². The van der Waals surface area contributed by atoms with Crippen molar-refractivity contribution in [2.75, 3.05) is 52.7 Å². The van der Waals surface area contributed by atoms with E-state index in [9.17, 15) is 14.7 Å². The van der Waals surface area contributed by atoms with Crippen molar-refractivity contribution in [2.45, 2.75) is 80.8 Å². The summed E-state index contributed by atoms with van der Waals surface area (Å²) < 4.78 is 18.3. The first-order valence-corrected chi connectivity index (χ1v) is 24.5. The molecule has 0 saturated carbocycles. The molecule has 0 bridgehead atoms. The Morgan fingerprint density at radius 3 is 2.58 bits per heavy atom. The molecule has 4 atom stereocenters. The molecule has 3 aliphatic rings. The summed E-state index contributed by atoms with van der Waals surface area (Å²) in [5, 5.41) is 10.6. The number of anilines is 1. The van der Waals surface area contributed by atoms with Gasteiger partial charge in [-0.3, -0.25) is 0 Å². The zero-order valence-corrected chi connectivity index (χ0v) is 29.7. The topological polar surface area (TPSA) is 88.5 Å². The molecular weight excluding hydrogens is 683 g/mol. The van der Waals surface area contributed by atoms with Gasteiger partial charge in [0, 0.05) is 6.61 Å². The fourth-order valence-electron chi connectivity index (χ4n) is 7.17. The number of halogens is 1. The van der Waals surface area contributed by atoms with Gasteiger partial charge in [0.25, 0.3) is 0 Å². The summed E-state index contributed by atoms with van der Waals surface area (Å²) in [5.74, 6) is -0.323. The Kier molecular flexibility index (Phi) is 11.7. The van der Waals surface area contributed by atoms with E-state index in [1.54, 1.807) is 0 Å². The zero-order valence-electron chi connectivity index (χ0n) is 27.5. The number of hydrogen-bond donors (Lipinski definition) is 1. The van der Waals surface area contributed by atoms with Crippen LogP contribution in [0.4, 0.5) is 5.69 Å². The van der Waals surface area contributed by atoms with Gasteiger partial charge in [0.1, 0.15) is 0 Å². The van der Waals surface area contributed by atoms with E-state index in [4.69, 9.17) is 14.2 Å². The molecule has 0 aliphatic carbocycles. The normalized spacial score (nSPS) is 23.6. The number of unbranched alkanes of at least 4 members (excludes halogenated alkanes) is 1. The standard InChI is InChI=1S/C36H52IN2O6/c1-5-6-18-39(28-12-9-11-26(20-28)22-37(2,3)4)34(40)24-38-23-30(27-16-17-32-33(21-27)45-25-44-32)35(36(41)42)31(38)15-10-14-29-13-7-8-19-43-29/h9,11-12,16-17,20-21,29-31,35H,5-8,10,13-15,18-19,22-25H2,1-4H3,(H,41,42)/q-1/t29?,30-,31+,35-/m1/s1. The summed E-state index contributed by atoms with van der Waals surface area (Å²) >= 11 is -1.77. The number of alkyl halides is 4. The van der Waals surface area contributed by atoms with Gasteiger partial charge in [-0.1, -0.05) is 0 Å². The molecule has 3 aliphatic heterocycles. The fourth-order valence-corrected chi connectivity index (χ4v) is 10.3. The van der Waals surface area contributed by atoms with Crippen molar-refractivity contribution in [1.82, 2.24) is 4.90 Å². The van der Waals surface area contributed by atoms with E-state index in [2.05, 4.69) is 44.8 Å². The number of nitrogens with zero attached hydrogens (tertiary/aromatic N) is 2. The molecule has 0 aromatic heterocycles. The Morgan fingerprint density at radius 1 is 1.02 bits per heavy atom. The van der Waals surface area contributed by atoms with Crippen LogP contribution in [0.15, 0.2) is 42.5 Å². The van der Waals surface area contributed by atoms with E-state index < -0.39 is 30.3 Å². The van der Waals surface area contributed by atoms with Crippen LogP contribution in [0.3, 0.4) is 0 Å². The molecule has 45 heavy (non-hydrogen) atoms. The first kappa shape index (κ1) is 34.0. The molecule has 0 radical (unpaired) electrons. The molecule has 2 aromatic carbocycles. The first-order chi connectivity index (χ1) is 21.6. The van der Waals surface area contributed by atoms with Crippen LogP contribution in [0.5, 0.6) is 11.5 Å².